The first kappa shape index (κ1) is 18.8. The van der Waals surface area contributed by atoms with Gasteiger partial charge >= 0.3 is 0 Å². The summed E-state index contributed by atoms with van der Waals surface area (Å²) in [4.78, 5) is 27.2. The number of carbonyl (C=O) groups is 1. The topological polar surface area (TPSA) is 63.6 Å². The standard InChI is InChI=1S/C21H24FN3O3/c22-17-2-4-18(5-3-17)25-13-16(1-6-19(25)26)20(27)23-14-21(7-8-21)15-24-9-11-28-12-10-24/h1-6,13H,7-12,14-15H2,(H,23,27). The molecule has 2 heterocycles. The van der Waals surface area contributed by atoms with Crippen molar-refractivity contribution in [3.63, 3.8) is 0 Å². The van der Waals surface area contributed by atoms with Crippen LogP contribution in [0.4, 0.5) is 4.39 Å². The highest BCUT2D eigenvalue weighted by Gasteiger charge is 2.44. The number of hydrogen-bond donors (Lipinski definition) is 1. The van der Waals surface area contributed by atoms with Crippen molar-refractivity contribution in [3.8, 4) is 5.69 Å². The molecule has 0 spiro atoms. The second-order valence-corrected chi connectivity index (χ2v) is 7.67. The SMILES string of the molecule is O=C(NCC1(CN2CCOCC2)CC1)c1ccc(=O)n(-c2ccc(F)cc2)c1. The summed E-state index contributed by atoms with van der Waals surface area (Å²) in [5.74, 6) is -0.579. The number of aromatic nitrogens is 1. The van der Waals surface area contributed by atoms with Crippen molar-refractivity contribution >= 4 is 5.91 Å². The molecule has 0 unspecified atom stereocenters. The van der Waals surface area contributed by atoms with Crippen LogP contribution in [0.2, 0.25) is 0 Å². The average Bonchev–Trinajstić information content (AvgIpc) is 3.48. The van der Waals surface area contributed by atoms with Gasteiger partial charge in [0.15, 0.2) is 0 Å². The maximum Gasteiger partial charge on any atom is 0.255 e. The number of hydrogen-bond acceptors (Lipinski definition) is 4. The largest absolute Gasteiger partial charge is 0.379 e. The summed E-state index contributed by atoms with van der Waals surface area (Å²) in [6.07, 6.45) is 3.73. The van der Waals surface area contributed by atoms with E-state index in [0.29, 0.717) is 17.8 Å². The minimum atomic E-state index is -0.374. The lowest BCUT2D eigenvalue weighted by Gasteiger charge is -2.30. The van der Waals surface area contributed by atoms with Crippen LogP contribution in [0.1, 0.15) is 23.2 Å². The Morgan fingerprint density at radius 1 is 1.11 bits per heavy atom. The number of nitrogens with zero attached hydrogens (tertiary/aromatic N) is 2. The molecule has 1 saturated carbocycles. The van der Waals surface area contributed by atoms with E-state index in [-0.39, 0.29) is 22.7 Å². The summed E-state index contributed by atoms with van der Waals surface area (Å²) in [6.45, 7) is 5.03. The summed E-state index contributed by atoms with van der Waals surface area (Å²) >= 11 is 0. The number of pyridine rings is 1. The van der Waals surface area contributed by atoms with Gasteiger partial charge in [-0.05, 0) is 43.2 Å². The zero-order valence-corrected chi connectivity index (χ0v) is 15.7. The Kier molecular flexibility index (Phi) is 5.28. The molecule has 2 aromatic rings. The number of benzene rings is 1. The molecule has 0 radical (unpaired) electrons. The fraction of sp³-hybridized carbons (Fsp3) is 0.429. The molecular weight excluding hydrogens is 361 g/mol. The fourth-order valence-electron chi connectivity index (χ4n) is 3.60. The van der Waals surface area contributed by atoms with Gasteiger partial charge in [-0.3, -0.25) is 19.1 Å². The number of ether oxygens (including phenoxy) is 1. The summed E-state index contributed by atoms with van der Waals surface area (Å²) < 4.78 is 19.9. The van der Waals surface area contributed by atoms with Crippen molar-refractivity contribution < 1.29 is 13.9 Å². The predicted molar refractivity (Wildman–Crippen MR) is 103 cm³/mol. The highest BCUT2D eigenvalue weighted by molar-refractivity contribution is 5.94. The number of nitrogens with one attached hydrogen (secondary N) is 1. The Bertz CT molecular complexity index is 900. The quantitative estimate of drug-likeness (QED) is 0.824. The van der Waals surface area contributed by atoms with E-state index in [4.69, 9.17) is 4.74 Å². The van der Waals surface area contributed by atoms with E-state index in [0.717, 1.165) is 45.7 Å². The van der Waals surface area contributed by atoms with Gasteiger partial charge in [-0.15, -0.1) is 0 Å². The van der Waals surface area contributed by atoms with E-state index in [2.05, 4.69) is 10.2 Å². The number of morpholine rings is 1. The molecule has 0 bridgehead atoms. The minimum Gasteiger partial charge on any atom is -0.379 e. The monoisotopic (exact) mass is 385 g/mol. The second-order valence-electron chi connectivity index (χ2n) is 7.67. The lowest BCUT2D eigenvalue weighted by molar-refractivity contribution is 0.0283. The van der Waals surface area contributed by atoms with Crippen molar-refractivity contribution in [1.29, 1.82) is 0 Å². The third kappa shape index (κ3) is 4.31. The molecule has 28 heavy (non-hydrogen) atoms. The first-order chi connectivity index (χ1) is 13.5. The Morgan fingerprint density at radius 3 is 2.50 bits per heavy atom. The van der Waals surface area contributed by atoms with Crippen LogP contribution in [0.3, 0.4) is 0 Å². The summed E-state index contributed by atoms with van der Waals surface area (Å²) in [5, 5.41) is 3.03. The van der Waals surface area contributed by atoms with Crippen LogP contribution in [-0.2, 0) is 4.74 Å². The molecule has 7 heteroatoms. The molecule has 1 aliphatic carbocycles. The zero-order valence-electron chi connectivity index (χ0n) is 15.7. The molecule has 1 saturated heterocycles. The highest BCUT2D eigenvalue weighted by Crippen LogP contribution is 2.45. The normalized spacial score (nSPS) is 18.6. The summed E-state index contributed by atoms with van der Waals surface area (Å²) in [5.41, 5.74) is 0.811. The molecule has 1 aromatic heterocycles. The minimum absolute atomic E-state index is 0.151. The van der Waals surface area contributed by atoms with Gasteiger partial charge in [-0.2, -0.15) is 0 Å². The van der Waals surface area contributed by atoms with E-state index < -0.39 is 0 Å². The first-order valence-electron chi connectivity index (χ1n) is 9.62. The van der Waals surface area contributed by atoms with E-state index in [9.17, 15) is 14.0 Å². The predicted octanol–water partition coefficient (Wildman–Crippen LogP) is 1.82. The molecule has 0 atom stereocenters. The molecule has 1 aliphatic heterocycles. The maximum absolute atomic E-state index is 13.1. The molecule has 1 aromatic carbocycles. The van der Waals surface area contributed by atoms with Crippen LogP contribution in [0.5, 0.6) is 0 Å². The lowest BCUT2D eigenvalue weighted by atomic mass is 10.1. The van der Waals surface area contributed by atoms with E-state index in [1.54, 1.807) is 0 Å². The molecule has 6 nitrogen and oxygen atoms in total. The molecule has 4 rings (SSSR count). The third-order valence-corrected chi connectivity index (χ3v) is 5.52. The lowest BCUT2D eigenvalue weighted by Crippen LogP contribution is -2.43. The first-order valence-corrected chi connectivity index (χ1v) is 9.62. The van der Waals surface area contributed by atoms with Crippen LogP contribution in [0.25, 0.3) is 5.69 Å². The molecule has 1 N–H and O–H groups in total. The van der Waals surface area contributed by atoms with Gasteiger partial charge in [0.25, 0.3) is 11.5 Å². The van der Waals surface area contributed by atoms with Crippen molar-refractivity contribution in [3.05, 3.63) is 64.3 Å². The van der Waals surface area contributed by atoms with Gasteiger partial charge in [0.05, 0.1) is 18.8 Å². The van der Waals surface area contributed by atoms with E-state index in [1.165, 1.54) is 47.2 Å². The Labute approximate surface area is 162 Å². The maximum atomic E-state index is 13.1. The Hall–Kier alpha value is -2.51. The summed E-state index contributed by atoms with van der Waals surface area (Å²) in [7, 11) is 0. The van der Waals surface area contributed by atoms with Crippen LogP contribution in [0.15, 0.2) is 47.4 Å². The summed E-state index contributed by atoms with van der Waals surface area (Å²) in [6, 6.07) is 8.49. The number of carbonyl (C=O) groups excluding carboxylic acids is 1. The van der Waals surface area contributed by atoms with Crippen LogP contribution in [0, 0.1) is 11.2 Å². The number of amides is 1. The zero-order chi connectivity index (χ0) is 19.6. The molecule has 1 amide bonds. The molecule has 2 aliphatic rings. The Balaban J connectivity index is 1.41. The van der Waals surface area contributed by atoms with Crippen LogP contribution in [-0.4, -0.2) is 54.8 Å². The highest BCUT2D eigenvalue weighted by atomic mass is 19.1. The molecule has 2 fully saturated rings. The van der Waals surface area contributed by atoms with Crippen molar-refractivity contribution in [2.24, 2.45) is 5.41 Å². The van der Waals surface area contributed by atoms with Crippen molar-refractivity contribution in [2.45, 2.75) is 12.8 Å². The van der Waals surface area contributed by atoms with E-state index in [1.807, 2.05) is 0 Å². The van der Waals surface area contributed by atoms with Gasteiger partial charge < -0.3 is 10.1 Å². The van der Waals surface area contributed by atoms with Crippen LogP contribution >= 0.6 is 0 Å². The van der Waals surface area contributed by atoms with Gasteiger partial charge in [0.1, 0.15) is 5.82 Å². The van der Waals surface area contributed by atoms with Gasteiger partial charge in [-0.25, -0.2) is 4.39 Å². The van der Waals surface area contributed by atoms with Gasteiger partial charge in [0, 0.05) is 49.5 Å². The fourth-order valence-corrected chi connectivity index (χ4v) is 3.60. The molecule has 148 valence electrons. The second kappa shape index (κ2) is 7.85. The van der Waals surface area contributed by atoms with Crippen LogP contribution < -0.4 is 10.9 Å². The van der Waals surface area contributed by atoms with E-state index >= 15 is 0 Å². The van der Waals surface area contributed by atoms with Gasteiger partial charge in [-0.1, -0.05) is 0 Å². The average molecular weight is 385 g/mol. The smallest absolute Gasteiger partial charge is 0.255 e. The Morgan fingerprint density at radius 2 is 1.82 bits per heavy atom. The number of rotatable bonds is 6. The van der Waals surface area contributed by atoms with Crippen molar-refractivity contribution in [2.75, 3.05) is 39.4 Å². The van der Waals surface area contributed by atoms with Crippen molar-refractivity contribution in [1.82, 2.24) is 14.8 Å². The molecular formula is C21H24FN3O3. The van der Waals surface area contributed by atoms with Gasteiger partial charge in [0.2, 0.25) is 0 Å². The number of halogens is 1. The third-order valence-electron chi connectivity index (χ3n) is 5.52.